The first-order valence-corrected chi connectivity index (χ1v) is 9.62. The van der Waals surface area contributed by atoms with Gasteiger partial charge in [0, 0.05) is 13.1 Å². The fourth-order valence-electron chi connectivity index (χ4n) is 3.88. The van der Waals surface area contributed by atoms with Crippen molar-refractivity contribution in [2.24, 2.45) is 0 Å². The van der Waals surface area contributed by atoms with E-state index >= 15 is 0 Å². The van der Waals surface area contributed by atoms with Gasteiger partial charge in [-0.2, -0.15) is 0 Å². The normalized spacial score (nSPS) is 15.3. The molecule has 4 rings (SSSR count). The van der Waals surface area contributed by atoms with E-state index in [0.717, 1.165) is 16.7 Å². The summed E-state index contributed by atoms with van der Waals surface area (Å²) in [6.45, 7) is 2.46. The fourth-order valence-corrected chi connectivity index (χ4v) is 3.88. The molecule has 1 heterocycles. The topological polar surface area (TPSA) is 49.4 Å². The van der Waals surface area contributed by atoms with Gasteiger partial charge in [0.05, 0.1) is 5.56 Å². The van der Waals surface area contributed by atoms with Gasteiger partial charge in [0.2, 0.25) is 5.91 Å². The summed E-state index contributed by atoms with van der Waals surface area (Å²) in [5.74, 6) is -1.36. The van der Waals surface area contributed by atoms with Gasteiger partial charge in [-0.25, -0.2) is 4.39 Å². The Kier molecular flexibility index (Phi) is 5.12. The molecule has 4 nitrogen and oxygen atoms in total. The number of nitrogens with zero attached hydrogens (tertiary/aromatic N) is 1. The van der Waals surface area contributed by atoms with Crippen LogP contribution < -0.4 is 5.32 Å². The summed E-state index contributed by atoms with van der Waals surface area (Å²) >= 11 is 0. The van der Waals surface area contributed by atoms with Crippen LogP contribution in [0, 0.1) is 5.82 Å². The molecule has 146 valence electrons. The minimum absolute atomic E-state index is 0.0130. The second kappa shape index (κ2) is 7.87. The van der Waals surface area contributed by atoms with E-state index in [-0.39, 0.29) is 18.0 Å². The number of hydrogen-bond donors (Lipinski definition) is 1. The van der Waals surface area contributed by atoms with E-state index in [4.69, 9.17) is 0 Å². The monoisotopic (exact) mass is 388 g/mol. The Hall–Kier alpha value is -3.47. The summed E-state index contributed by atoms with van der Waals surface area (Å²) in [5, 5.41) is 2.78. The first kappa shape index (κ1) is 18.9. The van der Waals surface area contributed by atoms with Crippen molar-refractivity contribution < 1.29 is 14.0 Å². The molecule has 1 atom stereocenters. The number of carbonyl (C=O) groups is 2. The molecule has 1 unspecified atom stereocenters. The number of likely N-dealkylation sites (N-methyl/N-ethyl adjacent to an activating group) is 1. The third kappa shape index (κ3) is 3.40. The SMILES string of the molecule is CCNC(=O)C1c2cccc(F)c2C(=O)N1Cc1ccccc1-c1ccccc1. The number of rotatable bonds is 5. The molecule has 1 N–H and O–H groups in total. The number of amides is 2. The van der Waals surface area contributed by atoms with Gasteiger partial charge < -0.3 is 10.2 Å². The van der Waals surface area contributed by atoms with Crippen molar-refractivity contribution in [3.05, 3.63) is 95.3 Å². The van der Waals surface area contributed by atoms with E-state index in [1.54, 1.807) is 6.07 Å². The molecule has 29 heavy (non-hydrogen) atoms. The Labute approximate surface area is 169 Å². The highest BCUT2D eigenvalue weighted by atomic mass is 19.1. The van der Waals surface area contributed by atoms with Gasteiger partial charge in [0.1, 0.15) is 11.9 Å². The van der Waals surface area contributed by atoms with Gasteiger partial charge in [-0.15, -0.1) is 0 Å². The molecule has 1 aliphatic rings. The molecule has 0 saturated carbocycles. The molecule has 0 bridgehead atoms. The van der Waals surface area contributed by atoms with Crippen LogP contribution in [-0.2, 0) is 11.3 Å². The maximum atomic E-state index is 14.4. The smallest absolute Gasteiger partial charge is 0.258 e. The lowest BCUT2D eigenvalue weighted by atomic mass is 9.99. The Morgan fingerprint density at radius 2 is 1.72 bits per heavy atom. The molecule has 0 aromatic heterocycles. The number of halogens is 1. The average Bonchev–Trinajstić information content (AvgIpc) is 3.02. The van der Waals surface area contributed by atoms with Crippen molar-refractivity contribution in [1.29, 1.82) is 0 Å². The minimum atomic E-state index is -0.850. The molecule has 5 heteroatoms. The lowest BCUT2D eigenvalue weighted by Crippen LogP contribution is -2.38. The molecule has 0 radical (unpaired) electrons. The highest BCUT2D eigenvalue weighted by molar-refractivity contribution is 6.05. The molecular formula is C24H21FN2O2. The molecule has 3 aromatic carbocycles. The van der Waals surface area contributed by atoms with Crippen LogP contribution in [-0.4, -0.2) is 23.3 Å². The van der Waals surface area contributed by atoms with Gasteiger partial charge in [-0.3, -0.25) is 9.59 Å². The van der Waals surface area contributed by atoms with E-state index in [9.17, 15) is 14.0 Å². The van der Waals surface area contributed by atoms with E-state index in [2.05, 4.69) is 5.32 Å². The number of fused-ring (bicyclic) bond motifs is 1. The Morgan fingerprint density at radius 3 is 2.48 bits per heavy atom. The van der Waals surface area contributed by atoms with Crippen molar-refractivity contribution >= 4 is 11.8 Å². The third-order valence-electron chi connectivity index (χ3n) is 5.17. The van der Waals surface area contributed by atoms with Crippen molar-refractivity contribution in [1.82, 2.24) is 10.2 Å². The van der Waals surface area contributed by atoms with Crippen molar-refractivity contribution in [3.8, 4) is 11.1 Å². The summed E-state index contributed by atoms with van der Waals surface area (Å²) in [4.78, 5) is 27.3. The second-order valence-corrected chi connectivity index (χ2v) is 6.96. The maximum Gasteiger partial charge on any atom is 0.258 e. The Balaban J connectivity index is 1.76. The number of hydrogen-bond acceptors (Lipinski definition) is 2. The van der Waals surface area contributed by atoms with Crippen LogP contribution >= 0.6 is 0 Å². The van der Waals surface area contributed by atoms with Gasteiger partial charge in [-0.1, -0.05) is 66.7 Å². The van der Waals surface area contributed by atoms with Gasteiger partial charge in [0.25, 0.3) is 5.91 Å². The molecule has 0 fully saturated rings. The van der Waals surface area contributed by atoms with Crippen LogP contribution in [0.4, 0.5) is 4.39 Å². The van der Waals surface area contributed by atoms with Crippen LogP contribution in [0.1, 0.15) is 34.5 Å². The fraction of sp³-hybridized carbons (Fsp3) is 0.167. The second-order valence-electron chi connectivity index (χ2n) is 6.96. The quantitative estimate of drug-likeness (QED) is 0.707. The highest BCUT2D eigenvalue weighted by Crippen LogP contribution is 2.37. The van der Waals surface area contributed by atoms with E-state index in [1.165, 1.54) is 17.0 Å². The van der Waals surface area contributed by atoms with Gasteiger partial charge >= 0.3 is 0 Å². The molecule has 0 aliphatic carbocycles. The zero-order valence-corrected chi connectivity index (χ0v) is 16.1. The van der Waals surface area contributed by atoms with Crippen LogP contribution in [0.5, 0.6) is 0 Å². The van der Waals surface area contributed by atoms with Crippen molar-refractivity contribution in [2.45, 2.75) is 19.5 Å². The van der Waals surface area contributed by atoms with E-state index in [1.807, 2.05) is 61.5 Å². The summed E-state index contributed by atoms with van der Waals surface area (Å²) in [5.41, 5.74) is 3.30. The minimum Gasteiger partial charge on any atom is -0.354 e. The largest absolute Gasteiger partial charge is 0.354 e. The molecule has 0 spiro atoms. The standard InChI is InChI=1S/C24H21FN2O2/c1-2-26-23(28)22-19-13-8-14-20(25)21(19)24(29)27(22)15-17-11-6-7-12-18(17)16-9-4-3-5-10-16/h3-14,22H,2,15H2,1H3,(H,26,28). The molecule has 0 saturated heterocycles. The predicted octanol–water partition coefficient (Wildman–Crippen LogP) is 4.33. The number of nitrogens with one attached hydrogen (secondary N) is 1. The summed E-state index contributed by atoms with van der Waals surface area (Å²) in [6.07, 6.45) is 0. The van der Waals surface area contributed by atoms with E-state index in [0.29, 0.717) is 12.1 Å². The van der Waals surface area contributed by atoms with Gasteiger partial charge in [0.15, 0.2) is 0 Å². The first-order chi connectivity index (χ1) is 14.1. The summed E-state index contributed by atoms with van der Waals surface area (Å²) < 4.78 is 14.4. The average molecular weight is 388 g/mol. The molecule has 1 aliphatic heterocycles. The first-order valence-electron chi connectivity index (χ1n) is 9.62. The van der Waals surface area contributed by atoms with Crippen LogP contribution in [0.25, 0.3) is 11.1 Å². The third-order valence-corrected chi connectivity index (χ3v) is 5.17. The van der Waals surface area contributed by atoms with Crippen LogP contribution in [0.15, 0.2) is 72.8 Å². The maximum absolute atomic E-state index is 14.4. The molecule has 2 amide bonds. The lowest BCUT2D eigenvalue weighted by Gasteiger charge is -2.25. The molecule has 3 aromatic rings. The van der Waals surface area contributed by atoms with Crippen molar-refractivity contribution in [2.75, 3.05) is 6.54 Å². The molecular weight excluding hydrogens is 367 g/mol. The zero-order valence-electron chi connectivity index (χ0n) is 16.1. The lowest BCUT2D eigenvalue weighted by molar-refractivity contribution is -0.125. The summed E-state index contributed by atoms with van der Waals surface area (Å²) in [7, 11) is 0. The highest BCUT2D eigenvalue weighted by Gasteiger charge is 2.42. The van der Waals surface area contributed by atoms with Gasteiger partial charge in [-0.05, 0) is 35.2 Å². The van der Waals surface area contributed by atoms with Crippen molar-refractivity contribution in [3.63, 3.8) is 0 Å². The van der Waals surface area contributed by atoms with Crippen LogP contribution in [0.3, 0.4) is 0 Å². The zero-order chi connectivity index (χ0) is 20.4. The number of benzene rings is 3. The van der Waals surface area contributed by atoms with Crippen LogP contribution in [0.2, 0.25) is 0 Å². The Morgan fingerprint density at radius 1 is 1.00 bits per heavy atom. The summed E-state index contributed by atoms with van der Waals surface area (Å²) in [6, 6.07) is 21.2. The Bertz CT molecular complexity index is 1070. The van der Waals surface area contributed by atoms with E-state index < -0.39 is 17.8 Å². The number of carbonyl (C=O) groups excluding carboxylic acids is 2. The predicted molar refractivity (Wildman–Crippen MR) is 110 cm³/mol.